The number of rotatable bonds is 6. The van der Waals surface area contributed by atoms with E-state index in [1.165, 1.54) is 18.2 Å². The fourth-order valence-corrected chi connectivity index (χ4v) is 2.66. The van der Waals surface area contributed by atoms with E-state index in [0.29, 0.717) is 6.42 Å². The third-order valence-corrected chi connectivity index (χ3v) is 3.79. The van der Waals surface area contributed by atoms with Crippen LogP contribution in [-0.2, 0) is 11.2 Å². The quantitative estimate of drug-likeness (QED) is 0.613. The molecule has 26 heavy (non-hydrogen) atoms. The molecule has 3 rings (SSSR count). The van der Waals surface area contributed by atoms with Gasteiger partial charge in [0.2, 0.25) is 5.91 Å². The molecule has 134 valence electrons. The lowest BCUT2D eigenvalue weighted by molar-refractivity contribution is -0.111. The summed E-state index contributed by atoms with van der Waals surface area (Å²) in [6.07, 6.45) is 3.69. The summed E-state index contributed by atoms with van der Waals surface area (Å²) in [5.41, 5.74) is 1.76. The zero-order chi connectivity index (χ0) is 18.5. The van der Waals surface area contributed by atoms with Gasteiger partial charge in [0.05, 0.1) is 5.69 Å². The number of ether oxygens (including phenoxy) is 1. The summed E-state index contributed by atoms with van der Waals surface area (Å²) in [6, 6.07) is 13.6. The summed E-state index contributed by atoms with van der Waals surface area (Å²) < 4.78 is 35.1. The maximum Gasteiger partial charge on any atom is 0.387 e. The van der Waals surface area contributed by atoms with E-state index in [1.54, 1.807) is 18.2 Å². The minimum absolute atomic E-state index is 0.0905. The number of carbonyl (C=O) groups is 1. The summed E-state index contributed by atoms with van der Waals surface area (Å²) in [6.45, 7) is -0.999. The lowest BCUT2D eigenvalue weighted by Crippen LogP contribution is -2.11. The highest BCUT2D eigenvalue weighted by atomic mass is 19.3. The van der Waals surface area contributed by atoms with Gasteiger partial charge in [-0.05, 0) is 24.3 Å². The highest BCUT2D eigenvalue weighted by Gasteiger charge is 2.12. The number of alkyl halides is 2. The molecule has 0 atom stereocenters. The van der Waals surface area contributed by atoms with Crippen molar-refractivity contribution in [3.63, 3.8) is 0 Å². The molecule has 0 radical (unpaired) electrons. The number of furan rings is 1. The molecular formula is C20H17F2NO3. The Morgan fingerprint density at radius 2 is 1.92 bits per heavy atom. The SMILES string of the molecule is CCc1oc2ccccc2c1/C=C/C(=O)Nc1ccccc1OC(F)F. The molecule has 6 heteroatoms. The van der Waals surface area contributed by atoms with Crippen molar-refractivity contribution in [3.05, 3.63) is 65.9 Å². The highest BCUT2D eigenvalue weighted by molar-refractivity contribution is 6.04. The molecule has 2 aromatic carbocycles. The predicted octanol–water partition coefficient (Wildman–Crippen LogP) is 5.25. The lowest BCUT2D eigenvalue weighted by atomic mass is 10.1. The van der Waals surface area contributed by atoms with Gasteiger partial charge >= 0.3 is 6.61 Å². The Bertz CT molecular complexity index is 947. The molecule has 0 aliphatic carbocycles. The van der Waals surface area contributed by atoms with Crippen LogP contribution in [0.2, 0.25) is 0 Å². The Morgan fingerprint density at radius 3 is 2.69 bits per heavy atom. The number of hydrogen-bond donors (Lipinski definition) is 1. The molecule has 1 N–H and O–H groups in total. The first-order chi connectivity index (χ1) is 12.6. The van der Waals surface area contributed by atoms with Crippen molar-refractivity contribution in [1.82, 2.24) is 0 Å². The van der Waals surface area contributed by atoms with Gasteiger partial charge in [0.25, 0.3) is 0 Å². The number of halogens is 2. The Kier molecular flexibility index (Phi) is 5.31. The van der Waals surface area contributed by atoms with E-state index in [2.05, 4.69) is 10.1 Å². The van der Waals surface area contributed by atoms with Crippen molar-refractivity contribution >= 4 is 28.6 Å². The van der Waals surface area contributed by atoms with E-state index in [-0.39, 0.29) is 11.4 Å². The van der Waals surface area contributed by atoms with Crippen LogP contribution in [0.3, 0.4) is 0 Å². The molecule has 1 aromatic heterocycles. The molecule has 1 amide bonds. The monoisotopic (exact) mass is 357 g/mol. The van der Waals surface area contributed by atoms with Crippen LogP contribution in [-0.4, -0.2) is 12.5 Å². The maximum absolute atomic E-state index is 12.4. The fraction of sp³-hybridized carbons (Fsp3) is 0.150. The fourth-order valence-electron chi connectivity index (χ4n) is 2.66. The van der Waals surface area contributed by atoms with Crippen molar-refractivity contribution < 1.29 is 22.7 Å². The van der Waals surface area contributed by atoms with Gasteiger partial charge in [0.15, 0.2) is 0 Å². The first kappa shape index (κ1) is 17.7. The molecule has 0 spiro atoms. The second-order valence-electron chi connectivity index (χ2n) is 5.49. The summed E-state index contributed by atoms with van der Waals surface area (Å²) in [5.74, 6) is 0.228. The average molecular weight is 357 g/mol. The van der Waals surface area contributed by atoms with E-state index in [1.807, 2.05) is 31.2 Å². The molecule has 0 fully saturated rings. The molecule has 0 aliphatic heterocycles. The zero-order valence-corrected chi connectivity index (χ0v) is 14.0. The second kappa shape index (κ2) is 7.82. The number of para-hydroxylation sites is 3. The number of aryl methyl sites for hydroxylation is 1. The summed E-state index contributed by atoms with van der Waals surface area (Å²) in [4.78, 5) is 12.2. The van der Waals surface area contributed by atoms with Crippen molar-refractivity contribution in [1.29, 1.82) is 0 Å². The molecule has 0 saturated heterocycles. The van der Waals surface area contributed by atoms with Gasteiger partial charge < -0.3 is 14.5 Å². The summed E-state index contributed by atoms with van der Waals surface area (Å²) in [5, 5.41) is 3.46. The van der Waals surface area contributed by atoms with Crippen molar-refractivity contribution in [3.8, 4) is 5.75 Å². The Hall–Kier alpha value is -3.15. The van der Waals surface area contributed by atoms with E-state index in [0.717, 1.165) is 22.3 Å². The van der Waals surface area contributed by atoms with Crippen molar-refractivity contribution in [2.45, 2.75) is 20.0 Å². The summed E-state index contributed by atoms with van der Waals surface area (Å²) >= 11 is 0. The smallest absolute Gasteiger partial charge is 0.387 e. The first-order valence-electron chi connectivity index (χ1n) is 8.11. The van der Waals surface area contributed by atoms with E-state index in [9.17, 15) is 13.6 Å². The third-order valence-electron chi connectivity index (χ3n) is 3.79. The van der Waals surface area contributed by atoms with E-state index >= 15 is 0 Å². The van der Waals surface area contributed by atoms with Crippen LogP contribution in [0.1, 0.15) is 18.2 Å². The standard InChI is InChI=1S/C20H17F2NO3/c1-2-16-14(13-7-3-5-9-17(13)25-16)11-12-19(24)23-15-8-4-6-10-18(15)26-20(21)22/h3-12,20H,2H2,1H3,(H,23,24)/b12-11+. The minimum atomic E-state index is -2.96. The van der Waals surface area contributed by atoms with Gasteiger partial charge in [-0.1, -0.05) is 37.3 Å². The average Bonchev–Trinajstić information content (AvgIpc) is 2.99. The molecule has 0 aliphatic rings. The normalized spacial score (nSPS) is 11.4. The lowest BCUT2D eigenvalue weighted by Gasteiger charge is -2.10. The predicted molar refractivity (Wildman–Crippen MR) is 96.3 cm³/mol. The molecule has 0 saturated carbocycles. The number of anilines is 1. The van der Waals surface area contributed by atoms with Crippen LogP contribution in [0.5, 0.6) is 5.75 Å². The van der Waals surface area contributed by atoms with Gasteiger partial charge in [-0.15, -0.1) is 0 Å². The molecule has 0 bridgehead atoms. The van der Waals surface area contributed by atoms with Crippen LogP contribution in [0, 0.1) is 0 Å². The topological polar surface area (TPSA) is 51.5 Å². The molecule has 0 unspecified atom stereocenters. The number of benzene rings is 2. The Balaban J connectivity index is 1.81. The van der Waals surface area contributed by atoms with Crippen molar-refractivity contribution in [2.24, 2.45) is 0 Å². The van der Waals surface area contributed by atoms with E-state index < -0.39 is 12.5 Å². The molecule has 4 nitrogen and oxygen atoms in total. The van der Waals surface area contributed by atoms with Gasteiger partial charge in [-0.3, -0.25) is 4.79 Å². The first-order valence-corrected chi connectivity index (χ1v) is 8.11. The second-order valence-corrected chi connectivity index (χ2v) is 5.49. The van der Waals surface area contributed by atoms with Crippen LogP contribution < -0.4 is 10.1 Å². The number of carbonyl (C=O) groups excluding carboxylic acids is 1. The van der Waals surface area contributed by atoms with Gasteiger partial charge in [0, 0.05) is 23.4 Å². The van der Waals surface area contributed by atoms with Crippen LogP contribution >= 0.6 is 0 Å². The van der Waals surface area contributed by atoms with Crippen LogP contribution in [0.25, 0.3) is 17.0 Å². The zero-order valence-electron chi connectivity index (χ0n) is 14.0. The number of hydrogen-bond acceptors (Lipinski definition) is 3. The molecular weight excluding hydrogens is 340 g/mol. The van der Waals surface area contributed by atoms with Crippen LogP contribution in [0.4, 0.5) is 14.5 Å². The van der Waals surface area contributed by atoms with Crippen LogP contribution in [0.15, 0.2) is 59.0 Å². The van der Waals surface area contributed by atoms with E-state index in [4.69, 9.17) is 4.42 Å². The Morgan fingerprint density at radius 1 is 1.19 bits per heavy atom. The van der Waals surface area contributed by atoms with Gasteiger partial charge in [0.1, 0.15) is 17.1 Å². The number of amides is 1. The number of fused-ring (bicyclic) bond motifs is 1. The van der Waals surface area contributed by atoms with Crippen molar-refractivity contribution in [2.75, 3.05) is 5.32 Å². The minimum Gasteiger partial charge on any atom is -0.460 e. The number of nitrogens with one attached hydrogen (secondary N) is 1. The highest BCUT2D eigenvalue weighted by Crippen LogP contribution is 2.28. The van der Waals surface area contributed by atoms with Gasteiger partial charge in [-0.2, -0.15) is 8.78 Å². The summed E-state index contributed by atoms with van der Waals surface area (Å²) in [7, 11) is 0. The largest absolute Gasteiger partial charge is 0.460 e. The molecule has 3 aromatic rings. The molecule has 1 heterocycles. The van der Waals surface area contributed by atoms with Gasteiger partial charge in [-0.25, -0.2) is 0 Å². The Labute approximate surface area is 149 Å². The maximum atomic E-state index is 12.4. The third kappa shape index (κ3) is 3.91.